The van der Waals surface area contributed by atoms with Crippen molar-refractivity contribution in [2.75, 3.05) is 33.1 Å². The largest absolute Gasteiger partial charge is 0.522 e. The van der Waals surface area contributed by atoms with E-state index in [9.17, 15) is 22.4 Å². The summed E-state index contributed by atoms with van der Waals surface area (Å²) >= 11 is 1.46. The summed E-state index contributed by atoms with van der Waals surface area (Å²) in [7, 11) is 0. The molecule has 2 saturated heterocycles. The average Bonchev–Trinajstić information content (AvgIpc) is 3.40. The van der Waals surface area contributed by atoms with E-state index in [0.29, 0.717) is 13.0 Å². The van der Waals surface area contributed by atoms with Crippen molar-refractivity contribution in [2.24, 2.45) is 0 Å². The van der Waals surface area contributed by atoms with Crippen LogP contribution in [0, 0.1) is 5.82 Å². The topological polar surface area (TPSA) is 70.1 Å². The minimum Gasteiger partial charge on any atom is -0.488 e. The maximum absolute atomic E-state index is 14.3. The highest BCUT2D eigenvalue weighted by Gasteiger charge is 2.52. The molecule has 4 rings (SSSR count). The van der Waals surface area contributed by atoms with Crippen molar-refractivity contribution in [2.45, 2.75) is 24.5 Å². The van der Waals surface area contributed by atoms with Crippen LogP contribution < -0.4 is 4.74 Å². The number of aromatic nitrogens is 1. The third-order valence-corrected chi connectivity index (χ3v) is 6.04. The van der Waals surface area contributed by atoms with E-state index in [1.165, 1.54) is 23.5 Å². The lowest BCUT2D eigenvalue weighted by atomic mass is 9.89. The molecule has 2 fully saturated rings. The van der Waals surface area contributed by atoms with Gasteiger partial charge in [0.15, 0.2) is 17.2 Å². The van der Waals surface area contributed by atoms with Crippen molar-refractivity contribution in [1.82, 2.24) is 9.88 Å². The molecule has 7 nitrogen and oxygen atoms in total. The average molecular weight is 462 g/mol. The Labute approximate surface area is 178 Å². The summed E-state index contributed by atoms with van der Waals surface area (Å²) in [6.45, 7) is -0.541. The number of likely N-dealkylation sites (tertiary alicyclic amines) is 1. The molecule has 1 aromatic heterocycles. The SMILES string of the molecule is O=C(c1ccc(OCCOC(F)(F)F)c(F)c1)N1CC[C@]2(c3nccs3)OCOC2C1. The molecule has 0 radical (unpaired) electrons. The fourth-order valence-electron chi connectivity index (χ4n) is 3.64. The van der Waals surface area contributed by atoms with Crippen molar-refractivity contribution >= 4 is 17.2 Å². The molecule has 3 heterocycles. The zero-order chi connectivity index (χ0) is 22.1. The number of piperidine rings is 1. The maximum Gasteiger partial charge on any atom is 0.522 e. The number of hydrogen-bond donors (Lipinski definition) is 0. The maximum atomic E-state index is 14.3. The third-order valence-electron chi connectivity index (χ3n) is 5.11. The molecule has 2 aliphatic rings. The van der Waals surface area contributed by atoms with Crippen LogP contribution in [0.3, 0.4) is 0 Å². The number of halogens is 4. The summed E-state index contributed by atoms with van der Waals surface area (Å²) in [4.78, 5) is 18.8. The first-order chi connectivity index (χ1) is 14.8. The number of fused-ring (bicyclic) bond motifs is 1. The smallest absolute Gasteiger partial charge is 0.488 e. The number of hydrogen-bond acceptors (Lipinski definition) is 7. The number of thiazole rings is 1. The minimum absolute atomic E-state index is 0.0945. The van der Waals surface area contributed by atoms with Crippen LogP contribution in [0.1, 0.15) is 21.8 Å². The number of alkyl halides is 3. The normalized spacial score (nSPS) is 23.6. The van der Waals surface area contributed by atoms with Gasteiger partial charge in [0.25, 0.3) is 5.91 Å². The highest BCUT2D eigenvalue weighted by Crippen LogP contribution is 2.43. The summed E-state index contributed by atoms with van der Waals surface area (Å²) < 4.78 is 70.2. The van der Waals surface area contributed by atoms with E-state index < -0.39 is 43.0 Å². The molecule has 1 unspecified atom stereocenters. The molecule has 2 atom stereocenters. The van der Waals surface area contributed by atoms with Gasteiger partial charge in [-0.2, -0.15) is 0 Å². The third kappa shape index (κ3) is 4.66. The molecule has 31 heavy (non-hydrogen) atoms. The predicted octanol–water partition coefficient (Wildman–Crippen LogP) is 3.31. The fourth-order valence-corrected chi connectivity index (χ4v) is 4.50. The first kappa shape index (κ1) is 21.9. The van der Waals surface area contributed by atoms with E-state index in [1.807, 2.05) is 5.38 Å². The van der Waals surface area contributed by atoms with Crippen LogP contribution in [0.5, 0.6) is 5.75 Å². The van der Waals surface area contributed by atoms with Gasteiger partial charge in [0.1, 0.15) is 24.5 Å². The summed E-state index contributed by atoms with van der Waals surface area (Å²) in [6, 6.07) is 3.56. The van der Waals surface area contributed by atoms with Crippen molar-refractivity contribution in [1.29, 1.82) is 0 Å². The molecule has 2 aromatic rings. The van der Waals surface area contributed by atoms with Crippen LogP contribution in [-0.2, 0) is 19.8 Å². The summed E-state index contributed by atoms with van der Waals surface area (Å²) in [6.07, 6.45) is -3.00. The number of amides is 1. The summed E-state index contributed by atoms with van der Waals surface area (Å²) in [5.41, 5.74) is -0.594. The highest BCUT2D eigenvalue weighted by atomic mass is 32.1. The molecule has 1 amide bonds. The molecular weight excluding hydrogens is 444 g/mol. The van der Waals surface area contributed by atoms with Gasteiger partial charge < -0.3 is 19.1 Å². The molecule has 0 aliphatic carbocycles. The van der Waals surface area contributed by atoms with E-state index >= 15 is 0 Å². The Morgan fingerprint density at radius 2 is 2.19 bits per heavy atom. The van der Waals surface area contributed by atoms with Gasteiger partial charge in [-0.15, -0.1) is 24.5 Å². The van der Waals surface area contributed by atoms with E-state index in [2.05, 4.69) is 9.72 Å². The lowest BCUT2D eigenvalue weighted by Crippen LogP contribution is -2.53. The number of carbonyl (C=O) groups excluding carboxylic acids is 1. The zero-order valence-electron chi connectivity index (χ0n) is 16.1. The minimum atomic E-state index is -4.78. The van der Waals surface area contributed by atoms with E-state index in [1.54, 1.807) is 11.1 Å². The number of carbonyl (C=O) groups is 1. The standard InChI is InChI=1S/C19H18F4N2O5S/c20-13-9-12(1-2-14(13)27-6-7-29-19(21,22)23)16(26)25-5-3-18(17-24-4-8-31-17)15(10-25)28-11-30-18/h1-2,4,8-9,15H,3,5-7,10-11H2/t15?,18-/m0/s1. The Bertz CT molecular complexity index is 927. The molecule has 12 heteroatoms. The van der Waals surface area contributed by atoms with E-state index in [-0.39, 0.29) is 24.7 Å². The summed E-state index contributed by atoms with van der Waals surface area (Å²) in [5.74, 6) is -1.52. The van der Waals surface area contributed by atoms with Gasteiger partial charge in [0, 0.05) is 30.1 Å². The van der Waals surface area contributed by atoms with Crippen LogP contribution >= 0.6 is 11.3 Å². The molecule has 0 bridgehead atoms. The van der Waals surface area contributed by atoms with Gasteiger partial charge in [0.2, 0.25) is 0 Å². The van der Waals surface area contributed by atoms with E-state index in [0.717, 1.165) is 11.1 Å². The Balaban J connectivity index is 1.38. The zero-order valence-corrected chi connectivity index (χ0v) is 16.9. The molecule has 2 aliphatic heterocycles. The van der Waals surface area contributed by atoms with E-state index in [4.69, 9.17) is 14.2 Å². The molecule has 0 saturated carbocycles. The quantitative estimate of drug-likeness (QED) is 0.485. The number of ether oxygens (including phenoxy) is 4. The van der Waals surface area contributed by atoms with Crippen LogP contribution in [-0.4, -0.2) is 61.4 Å². The van der Waals surface area contributed by atoms with Gasteiger partial charge >= 0.3 is 6.36 Å². The molecule has 1 aromatic carbocycles. The van der Waals surface area contributed by atoms with Gasteiger partial charge in [0.05, 0.1) is 13.2 Å². The Morgan fingerprint density at radius 1 is 1.35 bits per heavy atom. The first-order valence-electron chi connectivity index (χ1n) is 9.36. The monoisotopic (exact) mass is 462 g/mol. The van der Waals surface area contributed by atoms with Crippen molar-refractivity contribution in [3.05, 3.63) is 46.2 Å². The number of benzene rings is 1. The predicted molar refractivity (Wildman–Crippen MR) is 99.0 cm³/mol. The highest BCUT2D eigenvalue weighted by molar-refractivity contribution is 7.09. The van der Waals surface area contributed by atoms with Crippen LogP contribution in [0.2, 0.25) is 0 Å². The lowest BCUT2D eigenvalue weighted by molar-refractivity contribution is -0.325. The fraction of sp³-hybridized carbons (Fsp3) is 0.474. The number of rotatable bonds is 6. The second kappa shape index (κ2) is 8.69. The lowest BCUT2D eigenvalue weighted by Gasteiger charge is -2.40. The van der Waals surface area contributed by atoms with Gasteiger partial charge in [-0.05, 0) is 18.2 Å². The molecule has 0 spiro atoms. The summed E-state index contributed by atoms with van der Waals surface area (Å²) in [5, 5.41) is 2.64. The van der Waals surface area contributed by atoms with Crippen LogP contribution in [0.4, 0.5) is 17.6 Å². The van der Waals surface area contributed by atoms with Crippen LogP contribution in [0.15, 0.2) is 29.8 Å². The number of nitrogens with zero attached hydrogens (tertiary/aromatic N) is 2. The molecular formula is C19H18F4N2O5S. The van der Waals surface area contributed by atoms with Gasteiger partial charge in [-0.1, -0.05) is 0 Å². The van der Waals surface area contributed by atoms with Crippen molar-refractivity contribution in [3.63, 3.8) is 0 Å². The Kier molecular flexibility index (Phi) is 6.15. The second-order valence-electron chi connectivity index (χ2n) is 6.93. The molecule has 0 N–H and O–H groups in total. The first-order valence-corrected chi connectivity index (χ1v) is 10.2. The molecule has 168 valence electrons. The van der Waals surface area contributed by atoms with Crippen LogP contribution in [0.25, 0.3) is 0 Å². The Morgan fingerprint density at radius 3 is 2.90 bits per heavy atom. The Hall–Kier alpha value is -2.28. The van der Waals surface area contributed by atoms with Gasteiger partial charge in [-0.3, -0.25) is 9.53 Å². The second-order valence-corrected chi connectivity index (χ2v) is 7.83. The van der Waals surface area contributed by atoms with Crippen molar-refractivity contribution in [3.8, 4) is 5.75 Å². The van der Waals surface area contributed by atoms with Gasteiger partial charge in [-0.25, -0.2) is 9.37 Å². The van der Waals surface area contributed by atoms with Crippen molar-refractivity contribution < 1.29 is 41.3 Å².